The average molecular weight is 387 g/mol. The van der Waals surface area contributed by atoms with E-state index in [2.05, 4.69) is 62.4 Å². The molecule has 0 radical (unpaired) electrons. The van der Waals surface area contributed by atoms with Gasteiger partial charge in [0.15, 0.2) is 0 Å². The molecule has 0 atom stereocenters. The third kappa shape index (κ3) is 3.76. The maximum absolute atomic E-state index is 9.79. The van der Waals surface area contributed by atoms with Crippen molar-refractivity contribution >= 4 is 0 Å². The van der Waals surface area contributed by atoms with E-state index in [1.165, 1.54) is 22.3 Å². The second-order valence-corrected chi connectivity index (χ2v) is 8.73. The van der Waals surface area contributed by atoms with Gasteiger partial charge in [-0.3, -0.25) is 0 Å². The summed E-state index contributed by atoms with van der Waals surface area (Å²) in [5.74, 6) is 1.71. The highest BCUT2D eigenvalue weighted by Crippen LogP contribution is 2.50. The lowest BCUT2D eigenvalue weighted by molar-refractivity contribution is 0.313. The van der Waals surface area contributed by atoms with Crippen LogP contribution in [0.15, 0.2) is 72.8 Å². The predicted octanol–water partition coefficient (Wildman–Crippen LogP) is 6.87. The largest absolute Gasteiger partial charge is 0.508 e. The second-order valence-electron chi connectivity index (χ2n) is 8.73. The predicted molar refractivity (Wildman–Crippen MR) is 119 cm³/mol. The van der Waals surface area contributed by atoms with Gasteiger partial charge in [0.1, 0.15) is 11.5 Å². The normalized spacial score (nSPS) is 16.8. The van der Waals surface area contributed by atoms with Crippen LogP contribution in [0.3, 0.4) is 0 Å². The van der Waals surface area contributed by atoms with Crippen LogP contribution < -0.4 is 0 Å². The molecule has 1 aliphatic rings. The first-order valence-corrected chi connectivity index (χ1v) is 10.7. The molecule has 0 aromatic heterocycles. The van der Waals surface area contributed by atoms with Crippen molar-refractivity contribution in [3.05, 3.63) is 95.1 Å². The Morgan fingerprint density at radius 1 is 0.724 bits per heavy atom. The van der Waals surface area contributed by atoms with Gasteiger partial charge >= 0.3 is 0 Å². The van der Waals surface area contributed by atoms with Crippen LogP contribution in [0.25, 0.3) is 0 Å². The molecule has 2 N–H and O–H groups in total. The van der Waals surface area contributed by atoms with Crippen molar-refractivity contribution in [2.75, 3.05) is 0 Å². The zero-order valence-corrected chi connectivity index (χ0v) is 17.3. The van der Waals surface area contributed by atoms with Crippen LogP contribution >= 0.6 is 0 Å². The molecule has 1 aliphatic carbocycles. The Morgan fingerprint density at radius 3 is 1.69 bits per heavy atom. The van der Waals surface area contributed by atoms with Crippen molar-refractivity contribution in [3.8, 4) is 11.5 Å². The van der Waals surface area contributed by atoms with Crippen LogP contribution in [-0.2, 0) is 5.41 Å². The van der Waals surface area contributed by atoms with E-state index in [1.54, 1.807) is 24.3 Å². The molecule has 3 aromatic rings. The van der Waals surface area contributed by atoms with Gasteiger partial charge < -0.3 is 10.2 Å². The lowest BCUT2D eigenvalue weighted by atomic mass is 9.62. The van der Waals surface area contributed by atoms with Crippen molar-refractivity contribution in [2.24, 2.45) is 0 Å². The fraction of sp³-hybridized carbons (Fsp3) is 0.333. The molecule has 0 bridgehead atoms. The summed E-state index contributed by atoms with van der Waals surface area (Å²) in [6.45, 7) is 4.55. The molecule has 1 saturated carbocycles. The molecule has 2 nitrogen and oxygen atoms in total. The van der Waals surface area contributed by atoms with Crippen molar-refractivity contribution in [1.82, 2.24) is 0 Å². The van der Waals surface area contributed by atoms with E-state index in [1.807, 2.05) is 0 Å². The van der Waals surface area contributed by atoms with Crippen LogP contribution in [0, 0.1) is 0 Å². The molecular formula is C27H30O2. The number of rotatable bonds is 4. The Hall–Kier alpha value is -2.74. The monoisotopic (exact) mass is 386 g/mol. The van der Waals surface area contributed by atoms with Crippen molar-refractivity contribution in [1.29, 1.82) is 0 Å². The molecule has 2 heteroatoms. The molecule has 29 heavy (non-hydrogen) atoms. The summed E-state index contributed by atoms with van der Waals surface area (Å²) in [5, 5.41) is 19.6. The first kappa shape index (κ1) is 19.6. The van der Waals surface area contributed by atoms with Gasteiger partial charge in [-0.25, -0.2) is 0 Å². The summed E-state index contributed by atoms with van der Waals surface area (Å²) in [7, 11) is 0. The van der Waals surface area contributed by atoms with E-state index in [9.17, 15) is 10.2 Å². The van der Waals surface area contributed by atoms with Crippen molar-refractivity contribution in [3.63, 3.8) is 0 Å². The molecule has 0 unspecified atom stereocenters. The molecule has 0 spiro atoms. The molecule has 0 amide bonds. The first-order valence-electron chi connectivity index (χ1n) is 10.7. The minimum Gasteiger partial charge on any atom is -0.508 e. The summed E-state index contributed by atoms with van der Waals surface area (Å²) in [4.78, 5) is 0. The van der Waals surface area contributed by atoms with Gasteiger partial charge in [-0.15, -0.1) is 0 Å². The quantitative estimate of drug-likeness (QED) is 0.514. The second kappa shape index (κ2) is 7.94. The zero-order valence-electron chi connectivity index (χ0n) is 17.3. The number of hydrogen-bond acceptors (Lipinski definition) is 2. The molecule has 150 valence electrons. The van der Waals surface area contributed by atoms with Crippen LogP contribution in [0.5, 0.6) is 11.5 Å². The summed E-state index contributed by atoms with van der Waals surface area (Å²) in [6.07, 6.45) is 4.37. The van der Waals surface area contributed by atoms with E-state index in [0.29, 0.717) is 23.3 Å². The molecule has 1 fully saturated rings. The van der Waals surface area contributed by atoms with Gasteiger partial charge in [0.2, 0.25) is 0 Å². The maximum Gasteiger partial charge on any atom is 0.115 e. The topological polar surface area (TPSA) is 40.5 Å². The van der Waals surface area contributed by atoms with Crippen LogP contribution in [0.1, 0.15) is 73.6 Å². The summed E-state index contributed by atoms with van der Waals surface area (Å²) >= 11 is 0. The Labute approximate surface area is 173 Å². The highest BCUT2D eigenvalue weighted by Gasteiger charge is 2.39. The molecule has 4 rings (SSSR count). The van der Waals surface area contributed by atoms with E-state index in [-0.39, 0.29) is 5.41 Å². The molecule has 0 aliphatic heterocycles. The standard InChI is InChI=1S/C27H30O2/c1-19(2)25-5-3-4-6-26(25)20-15-17-27(18-16-20,21-7-11-23(28)12-8-21)22-9-13-24(29)14-10-22/h3-14,19-20,28-29H,15-18H2,1-2H3. The van der Waals surface area contributed by atoms with Gasteiger partial charge in [-0.1, -0.05) is 62.4 Å². The van der Waals surface area contributed by atoms with Gasteiger partial charge in [0.05, 0.1) is 0 Å². The van der Waals surface area contributed by atoms with Gasteiger partial charge in [0.25, 0.3) is 0 Å². The third-order valence-electron chi connectivity index (χ3n) is 6.74. The van der Waals surface area contributed by atoms with Crippen LogP contribution in [-0.4, -0.2) is 10.2 Å². The first-order chi connectivity index (χ1) is 14.0. The highest BCUT2D eigenvalue weighted by molar-refractivity contribution is 5.44. The molecule has 0 saturated heterocycles. The fourth-order valence-electron chi connectivity index (χ4n) is 5.14. The molecular weight excluding hydrogens is 356 g/mol. The Balaban J connectivity index is 1.69. The third-order valence-corrected chi connectivity index (χ3v) is 6.74. The fourth-order valence-corrected chi connectivity index (χ4v) is 5.14. The lowest BCUT2D eigenvalue weighted by Crippen LogP contribution is -2.32. The van der Waals surface area contributed by atoms with E-state index < -0.39 is 0 Å². The minimum atomic E-state index is -0.0787. The van der Waals surface area contributed by atoms with E-state index in [0.717, 1.165) is 25.7 Å². The minimum absolute atomic E-state index is 0.0787. The molecule has 0 heterocycles. The van der Waals surface area contributed by atoms with Gasteiger partial charge in [0, 0.05) is 5.41 Å². The lowest BCUT2D eigenvalue weighted by Gasteiger charge is -2.42. The Kier molecular flexibility index (Phi) is 5.36. The number of hydrogen-bond donors (Lipinski definition) is 2. The maximum atomic E-state index is 9.79. The summed E-state index contributed by atoms with van der Waals surface area (Å²) in [6, 6.07) is 24.3. The molecule has 3 aromatic carbocycles. The van der Waals surface area contributed by atoms with Gasteiger partial charge in [-0.2, -0.15) is 0 Å². The summed E-state index contributed by atoms with van der Waals surface area (Å²) in [5.41, 5.74) is 5.39. The van der Waals surface area contributed by atoms with Crippen LogP contribution in [0.4, 0.5) is 0 Å². The Bertz CT molecular complexity index is 899. The van der Waals surface area contributed by atoms with Crippen molar-refractivity contribution < 1.29 is 10.2 Å². The Morgan fingerprint density at radius 2 is 1.21 bits per heavy atom. The summed E-state index contributed by atoms with van der Waals surface area (Å²) < 4.78 is 0. The van der Waals surface area contributed by atoms with E-state index in [4.69, 9.17) is 0 Å². The SMILES string of the molecule is CC(C)c1ccccc1C1CCC(c2ccc(O)cc2)(c2ccc(O)cc2)CC1. The number of benzene rings is 3. The smallest absolute Gasteiger partial charge is 0.115 e. The van der Waals surface area contributed by atoms with Crippen molar-refractivity contribution in [2.45, 2.75) is 56.8 Å². The highest BCUT2D eigenvalue weighted by atomic mass is 16.3. The number of aromatic hydroxyl groups is 2. The van der Waals surface area contributed by atoms with E-state index >= 15 is 0 Å². The number of phenols is 2. The number of phenolic OH excluding ortho intramolecular Hbond substituents is 2. The average Bonchev–Trinajstić information content (AvgIpc) is 2.75. The van der Waals surface area contributed by atoms with Crippen LogP contribution in [0.2, 0.25) is 0 Å². The van der Waals surface area contributed by atoms with Gasteiger partial charge in [-0.05, 0) is 84.0 Å². The zero-order chi connectivity index (χ0) is 20.4.